The zero-order valence-electron chi connectivity index (χ0n) is 15.2. The fraction of sp³-hybridized carbons (Fsp3) is 0.938. The van der Waals surface area contributed by atoms with Crippen LogP contribution in [0.3, 0.4) is 0 Å². The van der Waals surface area contributed by atoms with Crippen molar-refractivity contribution in [3.05, 3.63) is 0 Å². The first-order valence-corrected chi connectivity index (χ1v) is 8.14. The van der Waals surface area contributed by atoms with E-state index in [1.807, 2.05) is 6.92 Å². The lowest BCUT2D eigenvalue weighted by molar-refractivity contribution is -0.235. The SMILES string of the molecule is CCCCOC([C@@H]1COC(C)(C)N1C(=O)OC(C)(C)C)C(F)(F)F. The summed E-state index contributed by atoms with van der Waals surface area (Å²) in [7, 11) is 0. The van der Waals surface area contributed by atoms with Crippen LogP contribution < -0.4 is 0 Å². The minimum Gasteiger partial charge on any atom is -0.444 e. The molecule has 2 atom stereocenters. The smallest absolute Gasteiger partial charge is 0.416 e. The second-order valence-corrected chi connectivity index (χ2v) is 7.36. The van der Waals surface area contributed by atoms with Gasteiger partial charge in [0.15, 0.2) is 6.10 Å². The molecule has 142 valence electrons. The van der Waals surface area contributed by atoms with Crippen LogP contribution in [0.5, 0.6) is 0 Å². The predicted molar refractivity (Wildman–Crippen MR) is 82.6 cm³/mol. The van der Waals surface area contributed by atoms with E-state index >= 15 is 0 Å². The minimum atomic E-state index is -4.61. The summed E-state index contributed by atoms with van der Waals surface area (Å²) in [6, 6.07) is -1.29. The first kappa shape index (κ1) is 21.0. The maximum atomic E-state index is 13.5. The van der Waals surface area contributed by atoms with Gasteiger partial charge in [-0.05, 0) is 41.0 Å². The van der Waals surface area contributed by atoms with Crippen LogP contribution in [0.15, 0.2) is 0 Å². The largest absolute Gasteiger partial charge is 0.444 e. The quantitative estimate of drug-likeness (QED) is 0.697. The lowest BCUT2D eigenvalue weighted by Gasteiger charge is -2.37. The molecule has 1 aliphatic heterocycles. The number of hydrogen-bond donors (Lipinski definition) is 0. The minimum absolute atomic E-state index is 0.0280. The van der Waals surface area contributed by atoms with E-state index in [4.69, 9.17) is 14.2 Å². The Bertz CT molecular complexity index is 432. The van der Waals surface area contributed by atoms with Gasteiger partial charge in [-0.1, -0.05) is 13.3 Å². The lowest BCUT2D eigenvalue weighted by atomic mass is 10.1. The van der Waals surface area contributed by atoms with Crippen LogP contribution in [0.2, 0.25) is 0 Å². The molecule has 1 amide bonds. The third kappa shape index (κ3) is 5.51. The van der Waals surface area contributed by atoms with Gasteiger partial charge in [0.05, 0.1) is 12.6 Å². The predicted octanol–water partition coefficient (Wildman–Crippen LogP) is 4.11. The molecule has 1 aliphatic rings. The first-order valence-electron chi connectivity index (χ1n) is 8.14. The Morgan fingerprint density at radius 3 is 2.38 bits per heavy atom. The summed E-state index contributed by atoms with van der Waals surface area (Å²) >= 11 is 0. The van der Waals surface area contributed by atoms with Crippen molar-refractivity contribution in [3.63, 3.8) is 0 Å². The zero-order chi connectivity index (χ0) is 18.8. The molecule has 1 fully saturated rings. The molecule has 0 aromatic rings. The number of carbonyl (C=O) groups excluding carboxylic acids is 1. The summed E-state index contributed by atoms with van der Waals surface area (Å²) in [5, 5.41) is 0. The second kappa shape index (κ2) is 7.47. The molecule has 0 spiro atoms. The normalized spacial score (nSPS) is 22.5. The Labute approximate surface area is 141 Å². The Balaban J connectivity index is 3.04. The number of amides is 1. The molecule has 1 rings (SSSR count). The van der Waals surface area contributed by atoms with Crippen molar-refractivity contribution >= 4 is 6.09 Å². The molecular weight excluding hydrogens is 327 g/mol. The number of ether oxygens (including phenoxy) is 3. The van der Waals surface area contributed by atoms with Crippen LogP contribution >= 0.6 is 0 Å². The number of alkyl halides is 3. The van der Waals surface area contributed by atoms with E-state index < -0.39 is 35.7 Å². The fourth-order valence-corrected chi connectivity index (χ4v) is 2.50. The van der Waals surface area contributed by atoms with Crippen molar-refractivity contribution in [2.45, 2.75) is 84.0 Å². The Morgan fingerprint density at radius 2 is 1.92 bits per heavy atom. The highest BCUT2D eigenvalue weighted by atomic mass is 19.4. The molecule has 1 unspecified atom stereocenters. The zero-order valence-corrected chi connectivity index (χ0v) is 15.2. The average molecular weight is 355 g/mol. The van der Waals surface area contributed by atoms with Crippen LogP contribution in [-0.4, -0.2) is 53.9 Å². The second-order valence-electron chi connectivity index (χ2n) is 7.36. The van der Waals surface area contributed by atoms with E-state index in [9.17, 15) is 18.0 Å². The van der Waals surface area contributed by atoms with Crippen molar-refractivity contribution in [3.8, 4) is 0 Å². The molecule has 8 heteroatoms. The van der Waals surface area contributed by atoms with E-state index in [0.717, 1.165) is 4.90 Å². The van der Waals surface area contributed by atoms with Gasteiger partial charge < -0.3 is 14.2 Å². The van der Waals surface area contributed by atoms with Gasteiger partial charge in [0.1, 0.15) is 11.3 Å². The molecule has 0 aromatic carbocycles. The maximum Gasteiger partial charge on any atom is 0.416 e. The van der Waals surface area contributed by atoms with Crippen molar-refractivity contribution in [1.29, 1.82) is 0 Å². The van der Waals surface area contributed by atoms with Gasteiger partial charge in [-0.25, -0.2) is 4.79 Å². The molecule has 0 aromatic heterocycles. The van der Waals surface area contributed by atoms with Crippen LogP contribution in [0.1, 0.15) is 54.4 Å². The summed E-state index contributed by atoms with van der Waals surface area (Å²) in [5.74, 6) is 0. The molecule has 0 radical (unpaired) electrons. The molecule has 24 heavy (non-hydrogen) atoms. The van der Waals surface area contributed by atoms with E-state index in [2.05, 4.69) is 0 Å². The van der Waals surface area contributed by atoms with Gasteiger partial charge >= 0.3 is 12.3 Å². The number of nitrogens with zero attached hydrogens (tertiary/aromatic N) is 1. The maximum absolute atomic E-state index is 13.5. The van der Waals surface area contributed by atoms with Crippen molar-refractivity contribution in [2.24, 2.45) is 0 Å². The highest BCUT2D eigenvalue weighted by Gasteiger charge is 2.56. The van der Waals surface area contributed by atoms with Crippen LogP contribution in [0, 0.1) is 0 Å². The highest BCUT2D eigenvalue weighted by molar-refractivity contribution is 5.70. The number of carbonyl (C=O) groups is 1. The Kier molecular flexibility index (Phi) is 6.55. The molecular formula is C16H28F3NO4. The standard InChI is InChI=1S/C16H28F3NO4/c1-7-8-9-22-12(16(17,18)19)11-10-23-15(5,6)20(11)13(21)24-14(2,3)4/h11-12H,7-10H2,1-6H3/t11-,12?/m0/s1. The summed E-state index contributed by atoms with van der Waals surface area (Å²) in [5.41, 5.74) is -2.03. The van der Waals surface area contributed by atoms with Gasteiger partial charge in [0.2, 0.25) is 0 Å². The van der Waals surface area contributed by atoms with Gasteiger partial charge in [0.25, 0.3) is 0 Å². The van der Waals surface area contributed by atoms with Gasteiger partial charge in [-0.3, -0.25) is 4.90 Å². The molecule has 0 bridgehead atoms. The fourth-order valence-electron chi connectivity index (χ4n) is 2.50. The van der Waals surface area contributed by atoms with Crippen LogP contribution in [-0.2, 0) is 14.2 Å². The highest BCUT2D eigenvalue weighted by Crippen LogP contribution is 2.37. The molecule has 0 N–H and O–H groups in total. The van der Waals surface area contributed by atoms with Gasteiger partial charge in [0, 0.05) is 6.61 Å². The van der Waals surface area contributed by atoms with E-state index in [1.165, 1.54) is 13.8 Å². The molecule has 0 aliphatic carbocycles. The van der Waals surface area contributed by atoms with Crippen molar-refractivity contribution in [1.82, 2.24) is 4.90 Å². The summed E-state index contributed by atoms with van der Waals surface area (Å²) in [6.45, 7) is 9.62. The van der Waals surface area contributed by atoms with Gasteiger partial charge in [-0.15, -0.1) is 0 Å². The first-order chi connectivity index (χ1) is 10.8. The monoisotopic (exact) mass is 355 g/mol. The third-order valence-corrected chi connectivity index (χ3v) is 3.58. The molecule has 1 saturated heterocycles. The molecule has 1 heterocycles. The van der Waals surface area contributed by atoms with Crippen molar-refractivity contribution in [2.75, 3.05) is 13.2 Å². The summed E-state index contributed by atoms with van der Waals surface area (Å²) < 4.78 is 56.2. The summed E-state index contributed by atoms with van der Waals surface area (Å²) in [4.78, 5) is 13.5. The van der Waals surface area contributed by atoms with Crippen LogP contribution in [0.25, 0.3) is 0 Å². The van der Waals surface area contributed by atoms with Gasteiger partial charge in [-0.2, -0.15) is 13.2 Å². The Hall–Kier alpha value is -1.02. The number of unbranched alkanes of at least 4 members (excludes halogenated alkanes) is 1. The number of halogens is 3. The third-order valence-electron chi connectivity index (χ3n) is 3.58. The summed E-state index contributed by atoms with van der Waals surface area (Å²) in [6.07, 6.45) is -6.34. The molecule has 5 nitrogen and oxygen atoms in total. The van der Waals surface area contributed by atoms with Crippen LogP contribution in [0.4, 0.5) is 18.0 Å². The van der Waals surface area contributed by atoms with E-state index in [1.54, 1.807) is 20.8 Å². The topological polar surface area (TPSA) is 48.0 Å². The lowest BCUT2D eigenvalue weighted by Crippen LogP contribution is -2.57. The molecule has 0 saturated carbocycles. The van der Waals surface area contributed by atoms with Crippen molar-refractivity contribution < 1.29 is 32.2 Å². The van der Waals surface area contributed by atoms with E-state index in [-0.39, 0.29) is 13.2 Å². The Morgan fingerprint density at radius 1 is 1.33 bits per heavy atom. The number of rotatable bonds is 5. The average Bonchev–Trinajstić information content (AvgIpc) is 2.66. The van der Waals surface area contributed by atoms with E-state index in [0.29, 0.717) is 12.8 Å². The number of hydrogen-bond acceptors (Lipinski definition) is 4.